The third kappa shape index (κ3) is 8.39. The average Bonchev–Trinajstić information content (AvgIpc) is 2.54. The Morgan fingerprint density at radius 2 is 1.78 bits per heavy atom. The van der Waals surface area contributed by atoms with Gasteiger partial charge < -0.3 is 4.74 Å². The fourth-order valence-electron chi connectivity index (χ4n) is 1.61. The molecule has 128 valence electrons. The van der Waals surface area contributed by atoms with Crippen molar-refractivity contribution in [2.24, 2.45) is 0 Å². The highest BCUT2D eigenvalue weighted by atomic mass is 16.6. The standard InChI is InChI=1S/C12H16.C9H16O2/c1-4-10(3)12-8-6-11(5-2)7-9-12;1-6-9(4,5)11-8(10)7(2)3/h5-10H,2,4H2,1,3H3;2,6H2,1,3-5H3. The quantitative estimate of drug-likeness (QED) is 0.465. The van der Waals surface area contributed by atoms with Gasteiger partial charge in [0.25, 0.3) is 0 Å². The Kier molecular flexibility index (Phi) is 9.24. The van der Waals surface area contributed by atoms with Gasteiger partial charge in [-0.25, -0.2) is 4.79 Å². The van der Waals surface area contributed by atoms with E-state index >= 15 is 0 Å². The summed E-state index contributed by atoms with van der Waals surface area (Å²) < 4.78 is 5.11. The zero-order valence-corrected chi connectivity index (χ0v) is 15.6. The molecule has 1 rings (SSSR count). The van der Waals surface area contributed by atoms with Gasteiger partial charge in [-0.05, 0) is 50.7 Å². The van der Waals surface area contributed by atoms with E-state index in [1.54, 1.807) is 6.92 Å². The maximum absolute atomic E-state index is 11.0. The summed E-state index contributed by atoms with van der Waals surface area (Å²) in [7, 11) is 0. The monoisotopic (exact) mass is 316 g/mol. The lowest BCUT2D eigenvalue weighted by Crippen LogP contribution is -2.27. The second-order valence-electron chi connectivity index (χ2n) is 6.46. The highest BCUT2D eigenvalue weighted by Gasteiger charge is 2.20. The van der Waals surface area contributed by atoms with Gasteiger partial charge in [0.2, 0.25) is 0 Å². The number of esters is 1. The van der Waals surface area contributed by atoms with Gasteiger partial charge in [0, 0.05) is 5.57 Å². The van der Waals surface area contributed by atoms with Gasteiger partial charge in [0.1, 0.15) is 5.60 Å². The van der Waals surface area contributed by atoms with Crippen LogP contribution in [0.5, 0.6) is 0 Å². The molecule has 2 heteroatoms. The van der Waals surface area contributed by atoms with Crippen molar-refractivity contribution in [3.8, 4) is 0 Å². The van der Waals surface area contributed by atoms with E-state index in [4.69, 9.17) is 4.74 Å². The van der Waals surface area contributed by atoms with Crippen LogP contribution in [0.4, 0.5) is 0 Å². The van der Waals surface area contributed by atoms with E-state index in [1.807, 2.05) is 26.8 Å². The zero-order valence-electron chi connectivity index (χ0n) is 15.6. The molecule has 0 saturated heterocycles. The highest BCUT2D eigenvalue weighted by Crippen LogP contribution is 2.18. The van der Waals surface area contributed by atoms with E-state index in [2.05, 4.69) is 51.3 Å². The summed E-state index contributed by atoms with van der Waals surface area (Å²) in [6.07, 6.45) is 3.89. The van der Waals surface area contributed by atoms with E-state index in [0.717, 1.165) is 6.42 Å². The van der Waals surface area contributed by atoms with Gasteiger partial charge in [-0.15, -0.1) is 0 Å². The van der Waals surface area contributed by atoms with E-state index in [0.29, 0.717) is 11.5 Å². The average molecular weight is 316 g/mol. The number of rotatable bonds is 6. The summed E-state index contributed by atoms with van der Waals surface area (Å²) in [5.74, 6) is 0.362. The van der Waals surface area contributed by atoms with Crippen molar-refractivity contribution in [3.05, 3.63) is 54.1 Å². The van der Waals surface area contributed by atoms with E-state index < -0.39 is 0 Å². The molecule has 0 radical (unpaired) electrons. The Bertz CT molecular complexity index is 509. The third-order valence-corrected chi connectivity index (χ3v) is 3.92. The molecule has 1 unspecified atom stereocenters. The van der Waals surface area contributed by atoms with Crippen LogP contribution in [0.3, 0.4) is 0 Å². The number of benzene rings is 1. The number of hydrogen-bond donors (Lipinski definition) is 0. The van der Waals surface area contributed by atoms with Crippen molar-refractivity contribution in [3.63, 3.8) is 0 Å². The second-order valence-corrected chi connectivity index (χ2v) is 6.46. The molecule has 0 N–H and O–H groups in total. The normalized spacial score (nSPS) is 11.7. The van der Waals surface area contributed by atoms with Crippen LogP contribution in [0, 0.1) is 0 Å². The zero-order chi connectivity index (χ0) is 18.0. The Morgan fingerprint density at radius 3 is 2.13 bits per heavy atom. The Labute approximate surface area is 142 Å². The fourth-order valence-corrected chi connectivity index (χ4v) is 1.61. The molecule has 1 aromatic rings. The van der Waals surface area contributed by atoms with E-state index in [1.165, 1.54) is 17.5 Å². The van der Waals surface area contributed by atoms with Crippen LogP contribution >= 0.6 is 0 Å². The summed E-state index contributed by atoms with van der Waals surface area (Å²) in [5.41, 5.74) is 2.70. The van der Waals surface area contributed by atoms with Crippen LogP contribution in [0.15, 0.2) is 43.0 Å². The summed E-state index contributed by atoms with van der Waals surface area (Å²) >= 11 is 0. The summed E-state index contributed by atoms with van der Waals surface area (Å²) in [4.78, 5) is 11.0. The largest absolute Gasteiger partial charge is 0.456 e. The lowest BCUT2D eigenvalue weighted by atomic mass is 9.98. The smallest absolute Gasteiger partial charge is 0.333 e. The Balaban J connectivity index is 0.000000423. The predicted molar refractivity (Wildman–Crippen MR) is 101 cm³/mol. The van der Waals surface area contributed by atoms with Crippen molar-refractivity contribution >= 4 is 12.0 Å². The Morgan fingerprint density at radius 1 is 1.26 bits per heavy atom. The van der Waals surface area contributed by atoms with Crippen molar-refractivity contribution in [2.75, 3.05) is 0 Å². The van der Waals surface area contributed by atoms with Crippen LogP contribution in [-0.4, -0.2) is 11.6 Å². The molecule has 0 fully saturated rings. The molecule has 0 bridgehead atoms. The van der Waals surface area contributed by atoms with Crippen LogP contribution in [-0.2, 0) is 9.53 Å². The minimum absolute atomic E-state index is 0.308. The van der Waals surface area contributed by atoms with Crippen molar-refractivity contribution < 1.29 is 9.53 Å². The van der Waals surface area contributed by atoms with Crippen molar-refractivity contribution in [1.29, 1.82) is 0 Å². The molecule has 2 nitrogen and oxygen atoms in total. The van der Waals surface area contributed by atoms with Crippen LogP contribution in [0.1, 0.15) is 71.4 Å². The first kappa shape index (κ1) is 21.2. The van der Waals surface area contributed by atoms with Gasteiger partial charge in [0.15, 0.2) is 0 Å². The van der Waals surface area contributed by atoms with Crippen LogP contribution in [0.25, 0.3) is 6.08 Å². The molecule has 1 atom stereocenters. The highest BCUT2D eigenvalue weighted by molar-refractivity contribution is 5.87. The van der Waals surface area contributed by atoms with Gasteiger partial charge in [-0.3, -0.25) is 0 Å². The fraction of sp³-hybridized carbons (Fsp3) is 0.476. The van der Waals surface area contributed by atoms with Gasteiger partial charge >= 0.3 is 5.97 Å². The summed E-state index contributed by atoms with van der Waals surface area (Å²) in [6.45, 7) is 19.1. The van der Waals surface area contributed by atoms with Crippen LogP contribution < -0.4 is 0 Å². The number of ether oxygens (including phenoxy) is 1. The second kappa shape index (κ2) is 10.0. The van der Waals surface area contributed by atoms with Gasteiger partial charge in [-0.1, -0.05) is 64.3 Å². The third-order valence-electron chi connectivity index (χ3n) is 3.92. The predicted octanol–water partition coefficient (Wildman–Crippen LogP) is 6.14. The van der Waals surface area contributed by atoms with Crippen LogP contribution in [0.2, 0.25) is 0 Å². The number of carbonyl (C=O) groups is 1. The maximum atomic E-state index is 11.0. The minimum atomic E-state index is -0.365. The first-order chi connectivity index (χ1) is 10.7. The van der Waals surface area contributed by atoms with E-state index in [-0.39, 0.29) is 11.6 Å². The topological polar surface area (TPSA) is 26.3 Å². The molecule has 0 heterocycles. The first-order valence-electron chi connectivity index (χ1n) is 8.28. The lowest BCUT2D eigenvalue weighted by molar-refractivity contribution is -0.151. The molecule has 23 heavy (non-hydrogen) atoms. The molecular weight excluding hydrogens is 284 g/mol. The molecule has 0 aromatic heterocycles. The number of hydrogen-bond acceptors (Lipinski definition) is 2. The van der Waals surface area contributed by atoms with Crippen molar-refractivity contribution in [1.82, 2.24) is 0 Å². The molecule has 0 amide bonds. The lowest BCUT2D eigenvalue weighted by Gasteiger charge is -2.23. The molecule has 1 aromatic carbocycles. The van der Waals surface area contributed by atoms with Crippen molar-refractivity contribution in [2.45, 2.75) is 65.9 Å². The molecule has 0 aliphatic heterocycles. The molecule has 0 aliphatic carbocycles. The molecule has 0 aliphatic rings. The SMILES string of the molecule is C=C(C)C(=O)OC(C)(C)CC.C=Cc1ccc(C(C)CC)cc1. The first-order valence-corrected chi connectivity index (χ1v) is 8.28. The molecule has 0 spiro atoms. The molecule has 0 saturated carbocycles. The maximum Gasteiger partial charge on any atom is 0.333 e. The Hall–Kier alpha value is -1.83. The summed E-state index contributed by atoms with van der Waals surface area (Å²) in [6, 6.07) is 8.61. The molecular formula is C21H32O2. The van der Waals surface area contributed by atoms with E-state index in [9.17, 15) is 4.79 Å². The van der Waals surface area contributed by atoms with Gasteiger partial charge in [-0.2, -0.15) is 0 Å². The van der Waals surface area contributed by atoms with Gasteiger partial charge in [0.05, 0.1) is 0 Å². The summed E-state index contributed by atoms with van der Waals surface area (Å²) in [5, 5.41) is 0. The number of carbonyl (C=O) groups excluding carboxylic acids is 1. The minimum Gasteiger partial charge on any atom is -0.456 e.